The van der Waals surface area contributed by atoms with Crippen LogP contribution in [0.25, 0.3) is 6.08 Å². The smallest absolute Gasteiger partial charge is 0.302 e. The third kappa shape index (κ3) is 6.92. The molecular weight excluding hydrogens is 424 g/mol. The molecule has 0 unspecified atom stereocenters. The maximum atomic E-state index is 11.8. The van der Waals surface area contributed by atoms with Gasteiger partial charge in [0, 0.05) is 19.6 Å². The Kier molecular flexibility index (Phi) is 8.86. The lowest BCUT2D eigenvalue weighted by atomic mass is 9.91. The highest BCUT2D eigenvalue weighted by Gasteiger charge is 2.31. The molecule has 0 radical (unpaired) electrons. The zero-order valence-corrected chi connectivity index (χ0v) is 20.4. The van der Waals surface area contributed by atoms with Crippen molar-refractivity contribution in [2.24, 2.45) is 0 Å². The Morgan fingerprint density at radius 1 is 1.33 bits per heavy atom. The normalized spacial score (nSPS) is 18.9. The minimum Gasteiger partial charge on any atom is -0.507 e. The summed E-state index contributed by atoms with van der Waals surface area (Å²) in [5.41, 5.74) is 0.995. The molecular formula is C26H36O7. The van der Waals surface area contributed by atoms with Gasteiger partial charge < -0.3 is 24.4 Å². The van der Waals surface area contributed by atoms with Crippen LogP contribution >= 0.6 is 0 Å². The number of allylic oxidation sites excluding steroid dienone is 2. The van der Waals surface area contributed by atoms with Crippen LogP contribution in [0.5, 0.6) is 11.5 Å². The first-order chi connectivity index (χ1) is 15.4. The fraction of sp³-hybridized carbons (Fsp3) is 0.538. The fourth-order valence-corrected chi connectivity index (χ4v) is 3.64. The maximum Gasteiger partial charge on any atom is 0.302 e. The lowest BCUT2D eigenvalue weighted by molar-refractivity contribution is -0.142. The average molecular weight is 461 g/mol. The molecule has 1 aromatic rings. The van der Waals surface area contributed by atoms with Crippen molar-refractivity contribution in [2.45, 2.75) is 84.2 Å². The first-order valence-corrected chi connectivity index (χ1v) is 11.2. The van der Waals surface area contributed by atoms with Gasteiger partial charge in [0.25, 0.3) is 0 Å². The number of hydrogen-bond acceptors (Lipinski definition) is 7. The monoisotopic (exact) mass is 460 g/mol. The molecule has 1 aromatic carbocycles. The molecule has 2 rings (SSSR count). The fourth-order valence-electron chi connectivity index (χ4n) is 3.64. The van der Waals surface area contributed by atoms with Crippen molar-refractivity contribution in [2.75, 3.05) is 7.11 Å². The molecule has 0 saturated carbocycles. The van der Waals surface area contributed by atoms with Crippen LogP contribution in [0, 0.1) is 0 Å². The summed E-state index contributed by atoms with van der Waals surface area (Å²) in [6, 6.07) is 1.42. The number of hydrogen-bond donors (Lipinski definition) is 2. The van der Waals surface area contributed by atoms with E-state index in [1.807, 2.05) is 33.8 Å². The number of methoxy groups -OCH3 is 1. The number of fused-ring (bicyclic) bond motifs is 1. The second-order valence-electron chi connectivity index (χ2n) is 9.31. The van der Waals surface area contributed by atoms with E-state index in [0.717, 1.165) is 12.8 Å². The van der Waals surface area contributed by atoms with Gasteiger partial charge in [-0.3, -0.25) is 9.59 Å². The lowest BCUT2D eigenvalue weighted by Gasteiger charge is -2.33. The van der Waals surface area contributed by atoms with Crippen LogP contribution in [0.3, 0.4) is 0 Å². The number of phenols is 1. The van der Waals surface area contributed by atoms with Crippen LogP contribution in [-0.2, 0) is 20.9 Å². The molecule has 0 saturated heterocycles. The zero-order chi connectivity index (χ0) is 24.8. The van der Waals surface area contributed by atoms with Crippen LogP contribution in [0.2, 0.25) is 0 Å². The molecule has 0 spiro atoms. The van der Waals surface area contributed by atoms with Crippen molar-refractivity contribution in [1.82, 2.24) is 0 Å². The number of rotatable bonds is 11. The molecule has 1 aliphatic rings. The summed E-state index contributed by atoms with van der Waals surface area (Å²) in [5, 5.41) is 20.7. The van der Waals surface area contributed by atoms with Gasteiger partial charge in [-0.2, -0.15) is 0 Å². The molecule has 2 N–H and O–H groups in total. The quantitative estimate of drug-likeness (QED) is 0.280. The molecule has 0 amide bonds. The molecule has 33 heavy (non-hydrogen) atoms. The second-order valence-corrected chi connectivity index (χ2v) is 9.31. The largest absolute Gasteiger partial charge is 0.507 e. The first kappa shape index (κ1) is 26.6. The number of benzene rings is 1. The van der Waals surface area contributed by atoms with Crippen molar-refractivity contribution >= 4 is 18.3 Å². The summed E-state index contributed by atoms with van der Waals surface area (Å²) in [4.78, 5) is 23.0. The highest BCUT2D eigenvalue weighted by Crippen LogP contribution is 2.42. The number of aldehydes is 1. The molecule has 1 heterocycles. The molecule has 182 valence electrons. The summed E-state index contributed by atoms with van der Waals surface area (Å²) in [6.45, 7) is 8.85. The number of aromatic hydroxyl groups is 1. The van der Waals surface area contributed by atoms with Gasteiger partial charge in [0.15, 0.2) is 6.29 Å². The standard InChI is InChI=1S/C26H36O7/c1-17(9-10-23(30)25(3,4)31-6)8-7-12-26(5)13-11-20-22(29)14-19(16-32-18(2)28)21(15-27)24(20)33-26/h8,11,13-15,23,29-30H,7,9-10,12,16H2,1-6H3/b17-8-/t23-,26+/m1/s1. The van der Waals surface area contributed by atoms with Crippen LogP contribution in [-0.4, -0.2) is 46.9 Å². The van der Waals surface area contributed by atoms with Crippen molar-refractivity contribution in [3.8, 4) is 11.5 Å². The van der Waals surface area contributed by atoms with E-state index in [4.69, 9.17) is 14.2 Å². The van der Waals surface area contributed by atoms with Gasteiger partial charge in [-0.25, -0.2) is 0 Å². The Labute approximate surface area is 196 Å². The van der Waals surface area contributed by atoms with Gasteiger partial charge in [-0.15, -0.1) is 0 Å². The van der Waals surface area contributed by atoms with E-state index in [0.29, 0.717) is 36.0 Å². The van der Waals surface area contributed by atoms with E-state index in [9.17, 15) is 19.8 Å². The number of aliphatic hydroxyl groups is 1. The molecule has 1 aliphatic heterocycles. The van der Waals surface area contributed by atoms with Crippen molar-refractivity contribution in [3.05, 3.63) is 40.5 Å². The van der Waals surface area contributed by atoms with Crippen LogP contribution < -0.4 is 4.74 Å². The minimum absolute atomic E-state index is 0.0377. The van der Waals surface area contributed by atoms with Crippen LogP contribution in [0.4, 0.5) is 0 Å². The van der Waals surface area contributed by atoms with Gasteiger partial charge in [0.2, 0.25) is 0 Å². The minimum atomic E-state index is -0.675. The summed E-state index contributed by atoms with van der Waals surface area (Å²) in [7, 11) is 1.59. The van der Waals surface area contributed by atoms with E-state index < -0.39 is 23.3 Å². The number of ether oxygens (including phenoxy) is 3. The summed E-state index contributed by atoms with van der Waals surface area (Å²) in [5.74, 6) is -0.220. The number of phenolic OH excluding ortho intramolecular Hbond substituents is 1. The van der Waals surface area contributed by atoms with E-state index in [-0.39, 0.29) is 17.9 Å². The van der Waals surface area contributed by atoms with E-state index in [2.05, 4.69) is 6.08 Å². The highest BCUT2D eigenvalue weighted by molar-refractivity contribution is 5.87. The number of esters is 1. The first-order valence-electron chi connectivity index (χ1n) is 11.2. The summed E-state index contributed by atoms with van der Waals surface area (Å²) >= 11 is 0. The number of aliphatic hydroxyl groups excluding tert-OH is 1. The Balaban J connectivity index is 2.08. The summed E-state index contributed by atoms with van der Waals surface area (Å²) < 4.78 is 16.6. The SMILES string of the molecule is COC(C)(C)[C@H](O)CC/C(C)=C\CC[C@@]1(C)C=Cc2c(O)cc(COC(C)=O)c(C=O)c2O1. The Morgan fingerprint density at radius 3 is 2.64 bits per heavy atom. The third-order valence-corrected chi connectivity index (χ3v) is 6.18. The predicted molar refractivity (Wildman–Crippen MR) is 126 cm³/mol. The Morgan fingerprint density at radius 2 is 2.03 bits per heavy atom. The van der Waals surface area contributed by atoms with Gasteiger partial charge in [0.05, 0.1) is 22.8 Å². The van der Waals surface area contributed by atoms with Gasteiger partial charge in [-0.05, 0) is 71.6 Å². The van der Waals surface area contributed by atoms with Crippen LogP contribution in [0.1, 0.15) is 81.8 Å². The third-order valence-electron chi connectivity index (χ3n) is 6.18. The summed E-state index contributed by atoms with van der Waals surface area (Å²) in [6.07, 6.45) is 8.62. The molecule has 7 heteroatoms. The molecule has 0 aliphatic carbocycles. The van der Waals surface area contributed by atoms with E-state index in [1.165, 1.54) is 18.6 Å². The van der Waals surface area contributed by atoms with E-state index >= 15 is 0 Å². The number of carbonyl (C=O) groups is 2. The molecule has 0 bridgehead atoms. The Bertz CT molecular complexity index is 929. The van der Waals surface area contributed by atoms with Crippen molar-refractivity contribution in [1.29, 1.82) is 0 Å². The molecule has 2 atom stereocenters. The predicted octanol–water partition coefficient (Wildman–Crippen LogP) is 4.72. The molecule has 0 aromatic heterocycles. The second kappa shape index (κ2) is 11.0. The zero-order valence-electron chi connectivity index (χ0n) is 20.4. The number of carbonyl (C=O) groups excluding carboxylic acids is 2. The van der Waals surface area contributed by atoms with Crippen LogP contribution in [0.15, 0.2) is 23.8 Å². The van der Waals surface area contributed by atoms with Gasteiger partial charge in [0.1, 0.15) is 23.7 Å². The lowest BCUT2D eigenvalue weighted by Crippen LogP contribution is -2.37. The average Bonchev–Trinajstić information content (AvgIpc) is 2.75. The van der Waals surface area contributed by atoms with Crippen molar-refractivity contribution in [3.63, 3.8) is 0 Å². The highest BCUT2D eigenvalue weighted by atomic mass is 16.5. The topological polar surface area (TPSA) is 102 Å². The van der Waals surface area contributed by atoms with E-state index in [1.54, 1.807) is 13.2 Å². The Hall–Kier alpha value is -2.64. The molecule has 7 nitrogen and oxygen atoms in total. The van der Waals surface area contributed by atoms with Gasteiger partial charge >= 0.3 is 5.97 Å². The maximum absolute atomic E-state index is 11.8. The molecule has 0 fully saturated rings. The van der Waals surface area contributed by atoms with Gasteiger partial charge in [-0.1, -0.05) is 11.6 Å². The van der Waals surface area contributed by atoms with Crippen molar-refractivity contribution < 1.29 is 34.0 Å².